The van der Waals surface area contributed by atoms with E-state index in [2.05, 4.69) is 41.8 Å². The number of aryl methyl sites for hydroxylation is 1. The van der Waals surface area contributed by atoms with E-state index in [1.54, 1.807) is 12.3 Å². The normalized spacial score (nSPS) is 22.0. The zero-order chi connectivity index (χ0) is 29.8. The van der Waals surface area contributed by atoms with Gasteiger partial charge in [-0.25, -0.2) is 9.97 Å². The number of benzene rings is 1. The summed E-state index contributed by atoms with van der Waals surface area (Å²) in [5.41, 5.74) is 4.48. The number of imidazole rings is 1. The molecule has 2 saturated heterocycles. The first-order chi connectivity index (χ1) is 21.4. The number of para-hydroxylation sites is 1. The number of H-pyrrole nitrogens is 1. The van der Waals surface area contributed by atoms with Gasteiger partial charge in [0.25, 0.3) is 5.79 Å². The number of halogens is 1. The molecule has 4 aromatic heterocycles. The molecule has 0 amide bonds. The van der Waals surface area contributed by atoms with Gasteiger partial charge in [0.2, 0.25) is 0 Å². The fraction of sp³-hybridized carbons (Fsp3) is 0.406. The highest BCUT2D eigenvalue weighted by atomic mass is 35.5. The minimum Gasteiger partial charge on any atom is -0.443 e. The summed E-state index contributed by atoms with van der Waals surface area (Å²) >= 11 is 6.07. The van der Waals surface area contributed by atoms with E-state index in [1.165, 1.54) is 5.56 Å². The summed E-state index contributed by atoms with van der Waals surface area (Å²) in [6.07, 6.45) is 6.74. The minimum atomic E-state index is -0.993. The van der Waals surface area contributed by atoms with Crippen LogP contribution in [0, 0.1) is 6.92 Å². The van der Waals surface area contributed by atoms with Crippen LogP contribution < -0.4 is 9.47 Å². The quantitative estimate of drug-likeness (QED) is 0.258. The zero-order valence-electron chi connectivity index (χ0n) is 24.7. The lowest BCUT2D eigenvalue weighted by Crippen LogP contribution is -2.35. The first kappa shape index (κ1) is 27.5. The van der Waals surface area contributed by atoms with Crippen molar-refractivity contribution in [3.05, 3.63) is 76.7 Å². The number of rotatable bonds is 7. The molecule has 3 aliphatic heterocycles. The average molecular weight is 613 g/mol. The van der Waals surface area contributed by atoms with Crippen molar-refractivity contribution < 1.29 is 14.2 Å². The molecule has 44 heavy (non-hydrogen) atoms. The number of hydrogen-bond acceptors (Lipinski definition) is 9. The smallest absolute Gasteiger partial charge is 0.292 e. The van der Waals surface area contributed by atoms with Crippen LogP contribution in [0.15, 0.2) is 48.8 Å². The Kier molecular flexibility index (Phi) is 6.77. The van der Waals surface area contributed by atoms with Crippen molar-refractivity contribution in [2.24, 2.45) is 0 Å². The summed E-state index contributed by atoms with van der Waals surface area (Å²) in [6, 6.07) is 11.9. The maximum atomic E-state index is 6.49. The van der Waals surface area contributed by atoms with Crippen LogP contribution in [-0.2, 0) is 23.6 Å². The van der Waals surface area contributed by atoms with Crippen LogP contribution in [0.1, 0.15) is 55.0 Å². The molecule has 2 fully saturated rings. The molecule has 0 radical (unpaired) electrons. The maximum Gasteiger partial charge on any atom is 0.292 e. The number of likely N-dealkylation sites (tertiary alicyclic amines) is 1. The van der Waals surface area contributed by atoms with Crippen molar-refractivity contribution in [1.29, 1.82) is 0 Å². The number of piperidine rings is 1. The van der Waals surface area contributed by atoms with Gasteiger partial charge in [0.1, 0.15) is 22.9 Å². The Balaban J connectivity index is 0.997. The molecule has 3 aliphatic rings. The van der Waals surface area contributed by atoms with Crippen LogP contribution in [0.5, 0.6) is 11.5 Å². The van der Waals surface area contributed by atoms with E-state index in [9.17, 15) is 0 Å². The number of aromatic nitrogens is 7. The summed E-state index contributed by atoms with van der Waals surface area (Å²) in [5.74, 6) is 3.42. The largest absolute Gasteiger partial charge is 0.443 e. The first-order valence-corrected chi connectivity index (χ1v) is 15.5. The van der Waals surface area contributed by atoms with Gasteiger partial charge in [-0.3, -0.25) is 9.88 Å². The summed E-state index contributed by atoms with van der Waals surface area (Å²) in [4.78, 5) is 20.0. The Morgan fingerprint density at radius 2 is 1.91 bits per heavy atom. The van der Waals surface area contributed by atoms with Crippen molar-refractivity contribution in [1.82, 2.24) is 39.6 Å². The van der Waals surface area contributed by atoms with Crippen molar-refractivity contribution in [2.45, 2.75) is 64.0 Å². The van der Waals surface area contributed by atoms with Gasteiger partial charge in [0.15, 0.2) is 23.0 Å². The third-order valence-corrected chi connectivity index (χ3v) is 9.14. The topological polar surface area (TPSA) is 116 Å². The van der Waals surface area contributed by atoms with Crippen LogP contribution in [0.4, 0.5) is 0 Å². The monoisotopic (exact) mass is 612 g/mol. The van der Waals surface area contributed by atoms with E-state index in [0.717, 1.165) is 91.9 Å². The Hall–Kier alpha value is -4.06. The molecule has 11 nitrogen and oxygen atoms in total. The number of nitrogens with zero attached hydrogens (tertiary/aromatic N) is 7. The van der Waals surface area contributed by atoms with Crippen LogP contribution in [-0.4, -0.2) is 65.4 Å². The number of nitrogens with one attached hydrogen (secondary N) is 1. The molecule has 2 atom stereocenters. The summed E-state index contributed by atoms with van der Waals surface area (Å²) in [5, 5.41) is 8.91. The van der Waals surface area contributed by atoms with Crippen LogP contribution >= 0.6 is 11.6 Å². The average Bonchev–Trinajstić information content (AvgIpc) is 3.69. The van der Waals surface area contributed by atoms with Gasteiger partial charge in [-0.2, -0.15) is 0 Å². The number of aromatic amines is 1. The lowest BCUT2D eigenvalue weighted by Gasteiger charge is -2.33. The fourth-order valence-corrected chi connectivity index (χ4v) is 6.54. The SMILES string of the molecule is Cc1nnc(-c2cnc3c(c2)nc(CN2CCC(c4cccc5c4OC(C)(c4ccc(Cl)cn4)O5)CC2)n3CC2CCO2)[nH]1. The molecule has 226 valence electrons. The predicted molar refractivity (Wildman–Crippen MR) is 164 cm³/mol. The summed E-state index contributed by atoms with van der Waals surface area (Å²) < 4.78 is 20.8. The van der Waals surface area contributed by atoms with Gasteiger partial charge >= 0.3 is 0 Å². The standard InChI is InChI=1S/C32H33ClN8O3/c1-19-36-30(39-38-19)21-14-25-31(35-15-21)41(17-23-10-13-42-23)28(37-25)18-40-11-8-20(9-12-40)24-4-3-5-26-29(24)44-32(2,43-26)27-7-6-22(33)16-34-27/h3-7,14-16,20,23H,8-13,17-18H2,1-2H3,(H,36,38,39). The number of hydrogen-bond donors (Lipinski definition) is 1. The fourth-order valence-electron chi connectivity index (χ4n) is 6.43. The van der Waals surface area contributed by atoms with Gasteiger partial charge in [-0.05, 0) is 69.5 Å². The number of fused-ring (bicyclic) bond motifs is 2. The second kappa shape index (κ2) is 10.8. The Labute approximate surface area is 259 Å². The molecule has 0 spiro atoms. The third-order valence-electron chi connectivity index (χ3n) is 8.91. The summed E-state index contributed by atoms with van der Waals surface area (Å²) in [6.45, 7) is 8.01. The number of ether oxygens (including phenoxy) is 3. The van der Waals surface area contributed by atoms with E-state index >= 15 is 0 Å². The zero-order valence-corrected chi connectivity index (χ0v) is 25.4. The van der Waals surface area contributed by atoms with E-state index in [-0.39, 0.29) is 6.10 Å². The van der Waals surface area contributed by atoms with Gasteiger partial charge < -0.3 is 23.8 Å². The molecular formula is C32H33ClN8O3. The predicted octanol–water partition coefficient (Wildman–Crippen LogP) is 5.39. The van der Waals surface area contributed by atoms with Crippen LogP contribution in [0.3, 0.4) is 0 Å². The second-order valence-electron chi connectivity index (χ2n) is 12.0. The maximum absolute atomic E-state index is 6.49. The molecule has 0 bridgehead atoms. The molecule has 7 heterocycles. The lowest BCUT2D eigenvalue weighted by atomic mass is 9.88. The molecule has 5 aromatic rings. The van der Waals surface area contributed by atoms with Gasteiger partial charge in [-0.1, -0.05) is 23.7 Å². The minimum absolute atomic E-state index is 0.200. The van der Waals surface area contributed by atoms with Gasteiger partial charge in [0, 0.05) is 37.1 Å². The van der Waals surface area contributed by atoms with Crippen molar-refractivity contribution >= 4 is 22.8 Å². The Morgan fingerprint density at radius 3 is 2.64 bits per heavy atom. The molecule has 8 rings (SSSR count). The van der Waals surface area contributed by atoms with Crippen LogP contribution in [0.2, 0.25) is 5.02 Å². The highest BCUT2D eigenvalue weighted by Gasteiger charge is 2.42. The highest BCUT2D eigenvalue weighted by Crippen LogP contribution is 2.49. The van der Waals surface area contributed by atoms with E-state index in [0.29, 0.717) is 22.5 Å². The highest BCUT2D eigenvalue weighted by molar-refractivity contribution is 6.30. The Bertz CT molecular complexity index is 1830. The van der Waals surface area contributed by atoms with Crippen LogP contribution in [0.25, 0.3) is 22.6 Å². The van der Waals surface area contributed by atoms with E-state index in [4.69, 9.17) is 35.8 Å². The van der Waals surface area contributed by atoms with Crippen molar-refractivity contribution in [3.8, 4) is 22.9 Å². The van der Waals surface area contributed by atoms with Crippen molar-refractivity contribution in [3.63, 3.8) is 0 Å². The molecule has 12 heteroatoms. The third kappa shape index (κ3) is 4.98. The first-order valence-electron chi connectivity index (χ1n) is 15.1. The second-order valence-corrected chi connectivity index (χ2v) is 12.4. The van der Waals surface area contributed by atoms with E-state index < -0.39 is 5.79 Å². The molecule has 2 unspecified atom stereocenters. The molecule has 1 aromatic carbocycles. The molecule has 1 N–H and O–H groups in total. The lowest BCUT2D eigenvalue weighted by molar-refractivity contribution is -0.0722. The number of pyridine rings is 2. The molecule has 0 aliphatic carbocycles. The Morgan fingerprint density at radius 1 is 1.05 bits per heavy atom. The van der Waals surface area contributed by atoms with Crippen molar-refractivity contribution in [2.75, 3.05) is 19.7 Å². The van der Waals surface area contributed by atoms with E-state index in [1.807, 2.05) is 38.2 Å². The summed E-state index contributed by atoms with van der Waals surface area (Å²) in [7, 11) is 0. The van der Waals surface area contributed by atoms with Gasteiger partial charge in [0.05, 0.1) is 24.2 Å². The van der Waals surface area contributed by atoms with Gasteiger partial charge in [-0.15, -0.1) is 10.2 Å². The molecular weight excluding hydrogens is 580 g/mol. The molecule has 0 saturated carbocycles.